The van der Waals surface area contributed by atoms with Crippen molar-refractivity contribution in [1.82, 2.24) is 9.97 Å². The van der Waals surface area contributed by atoms with Gasteiger partial charge in [0.15, 0.2) is 5.82 Å². The van der Waals surface area contributed by atoms with Crippen LogP contribution in [0.5, 0.6) is 0 Å². The van der Waals surface area contributed by atoms with Gasteiger partial charge in [0.2, 0.25) is 0 Å². The van der Waals surface area contributed by atoms with Crippen LogP contribution >= 0.6 is 11.3 Å². The Morgan fingerprint density at radius 3 is 2.80 bits per heavy atom. The molecule has 0 bridgehead atoms. The number of thiophene rings is 1. The monoisotopic (exact) mass is 216 g/mol. The van der Waals surface area contributed by atoms with Crippen LogP contribution in [0.2, 0.25) is 0 Å². The zero-order valence-electron chi connectivity index (χ0n) is 7.83. The Bertz CT molecular complexity index is 476. The predicted molar refractivity (Wildman–Crippen MR) is 60.4 cm³/mol. The fourth-order valence-electron chi connectivity index (χ4n) is 1.13. The van der Waals surface area contributed by atoms with E-state index in [0.29, 0.717) is 5.82 Å². The molecular formula is C11H8N2OS. The Labute approximate surface area is 91.1 Å². The van der Waals surface area contributed by atoms with Gasteiger partial charge in [0.05, 0.1) is 4.88 Å². The zero-order chi connectivity index (χ0) is 10.5. The van der Waals surface area contributed by atoms with Crippen LogP contribution in [0, 0.1) is 0 Å². The fraction of sp³-hybridized carbons (Fsp3) is 0. The second kappa shape index (κ2) is 4.61. The summed E-state index contributed by atoms with van der Waals surface area (Å²) in [7, 11) is 0. The number of aromatic nitrogens is 2. The molecule has 2 aromatic heterocycles. The standard InChI is InChI=1S/C11H8N2OS/c14-6-1-3-9-7-10(15-8-9)11-12-4-2-5-13-11/h1-8H. The molecule has 2 aromatic rings. The highest BCUT2D eigenvalue weighted by Gasteiger charge is 2.02. The maximum Gasteiger partial charge on any atom is 0.169 e. The van der Waals surface area contributed by atoms with Crippen molar-refractivity contribution < 1.29 is 4.79 Å². The molecule has 0 amide bonds. The second-order valence-electron chi connectivity index (χ2n) is 2.81. The van der Waals surface area contributed by atoms with E-state index in [1.54, 1.807) is 35.9 Å². The average molecular weight is 216 g/mol. The lowest BCUT2D eigenvalue weighted by Gasteiger charge is -1.91. The number of rotatable bonds is 3. The summed E-state index contributed by atoms with van der Waals surface area (Å²) in [4.78, 5) is 19.4. The van der Waals surface area contributed by atoms with Crippen LogP contribution < -0.4 is 0 Å². The first kappa shape index (κ1) is 9.73. The molecule has 0 atom stereocenters. The molecule has 0 fully saturated rings. The van der Waals surface area contributed by atoms with Gasteiger partial charge in [-0.05, 0) is 29.2 Å². The first-order valence-corrected chi connectivity index (χ1v) is 5.26. The summed E-state index contributed by atoms with van der Waals surface area (Å²) in [6.07, 6.45) is 7.41. The summed E-state index contributed by atoms with van der Waals surface area (Å²) < 4.78 is 0. The van der Waals surface area contributed by atoms with Gasteiger partial charge in [-0.1, -0.05) is 6.08 Å². The maximum atomic E-state index is 10.1. The molecule has 4 heteroatoms. The summed E-state index contributed by atoms with van der Waals surface area (Å²) in [5.74, 6) is 0.716. The Morgan fingerprint density at radius 1 is 1.27 bits per heavy atom. The zero-order valence-corrected chi connectivity index (χ0v) is 8.65. The van der Waals surface area contributed by atoms with Gasteiger partial charge in [-0.25, -0.2) is 9.97 Å². The topological polar surface area (TPSA) is 42.9 Å². The van der Waals surface area contributed by atoms with Gasteiger partial charge in [0.25, 0.3) is 0 Å². The third kappa shape index (κ3) is 2.35. The summed E-state index contributed by atoms with van der Waals surface area (Å²) in [6.45, 7) is 0. The van der Waals surface area contributed by atoms with Crippen LogP contribution in [0.4, 0.5) is 0 Å². The predicted octanol–water partition coefficient (Wildman–Crippen LogP) is 2.42. The number of allylic oxidation sites excluding steroid dienone is 1. The summed E-state index contributed by atoms with van der Waals surface area (Å²) in [5, 5.41) is 1.96. The van der Waals surface area contributed by atoms with Gasteiger partial charge >= 0.3 is 0 Å². The van der Waals surface area contributed by atoms with E-state index in [0.717, 1.165) is 16.7 Å². The first-order chi connectivity index (χ1) is 7.40. The molecule has 0 saturated heterocycles. The van der Waals surface area contributed by atoms with Crippen LogP contribution in [0.1, 0.15) is 5.56 Å². The number of hydrogen-bond donors (Lipinski definition) is 0. The molecule has 2 rings (SSSR count). The molecule has 0 spiro atoms. The van der Waals surface area contributed by atoms with Crippen LogP contribution in [-0.4, -0.2) is 16.3 Å². The van der Waals surface area contributed by atoms with Gasteiger partial charge in [-0.2, -0.15) is 0 Å². The molecule has 0 aromatic carbocycles. The van der Waals surface area contributed by atoms with Crippen LogP contribution in [-0.2, 0) is 4.79 Å². The largest absolute Gasteiger partial charge is 0.299 e. The van der Waals surface area contributed by atoms with E-state index in [4.69, 9.17) is 0 Å². The van der Waals surface area contributed by atoms with E-state index in [-0.39, 0.29) is 0 Å². The number of carbonyl (C=O) groups excluding carboxylic acids is 1. The minimum absolute atomic E-state index is 0.716. The molecule has 2 heterocycles. The summed E-state index contributed by atoms with van der Waals surface area (Å²) in [6, 6.07) is 3.74. The van der Waals surface area contributed by atoms with Gasteiger partial charge < -0.3 is 0 Å². The van der Waals surface area contributed by atoms with Crippen molar-refractivity contribution in [3.8, 4) is 10.7 Å². The summed E-state index contributed by atoms with van der Waals surface area (Å²) >= 11 is 1.56. The Kier molecular flexibility index (Phi) is 2.99. The van der Waals surface area contributed by atoms with E-state index in [2.05, 4.69) is 9.97 Å². The van der Waals surface area contributed by atoms with Crippen molar-refractivity contribution in [2.75, 3.05) is 0 Å². The fourth-order valence-corrected chi connectivity index (χ4v) is 1.96. The first-order valence-electron chi connectivity index (χ1n) is 4.38. The lowest BCUT2D eigenvalue weighted by atomic mass is 10.3. The highest BCUT2D eigenvalue weighted by Crippen LogP contribution is 2.24. The highest BCUT2D eigenvalue weighted by atomic mass is 32.1. The van der Waals surface area contributed by atoms with Crippen molar-refractivity contribution in [3.63, 3.8) is 0 Å². The van der Waals surface area contributed by atoms with Crippen molar-refractivity contribution in [3.05, 3.63) is 41.5 Å². The van der Waals surface area contributed by atoms with Gasteiger partial charge in [-0.3, -0.25) is 4.79 Å². The number of carbonyl (C=O) groups is 1. The Hall–Kier alpha value is -1.81. The minimum atomic E-state index is 0.716. The van der Waals surface area contributed by atoms with E-state index < -0.39 is 0 Å². The van der Waals surface area contributed by atoms with Gasteiger partial charge in [0, 0.05) is 12.4 Å². The highest BCUT2D eigenvalue weighted by molar-refractivity contribution is 7.13. The quantitative estimate of drug-likeness (QED) is 0.584. The lowest BCUT2D eigenvalue weighted by Crippen LogP contribution is -1.82. The normalized spacial score (nSPS) is 10.7. The van der Waals surface area contributed by atoms with Crippen LogP contribution in [0.15, 0.2) is 36.0 Å². The van der Waals surface area contributed by atoms with Gasteiger partial charge in [0.1, 0.15) is 6.29 Å². The van der Waals surface area contributed by atoms with Crippen LogP contribution in [0.25, 0.3) is 16.8 Å². The molecule has 0 radical (unpaired) electrons. The molecule has 0 unspecified atom stereocenters. The maximum absolute atomic E-state index is 10.1. The second-order valence-corrected chi connectivity index (χ2v) is 3.72. The van der Waals surface area contributed by atoms with Crippen molar-refractivity contribution in [2.45, 2.75) is 0 Å². The minimum Gasteiger partial charge on any atom is -0.299 e. The van der Waals surface area contributed by atoms with Crippen LogP contribution in [0.3, 0.4) is 0 Å². The van der Waals surface area contributed by atoms with Crippen molar-refractivity contribution >= 4 is 23.7 Å². The number of aldehydes is 1. The summed E-state index contributed by atoms with van der Waals surface area (Å²) in [5.41, 5.74) is 0.995. The number of hydrogen-bond acceptors (Lipinski definition) is 4. The molecule has 3 nitrogen and oxygen atoms in total. The third-order valence-corrected chi connectivity index (χ3v) is 2.72. The van der Waals surface area contributed by atoms with E-state index in [1.807, 2.05) is 11.4 Å². The average Bonchev–Trinajstić information content (AvgIpc) is 2.76. The van der Waals surface area contributed by atoms with E-state index in [1.165, 1.54) is 6.08 Å². The van der Waals surface area contributed by atoms with Crippen molar-refractivity contribution in [2.24, 2.45) is 0 Å². The molecule has 0 aliphatic rings. The smallest absolute Gasteiger partial charge is 0.169 e. The Balaban J connectivity index is 2.28. The Morgan fingerprint density at radius 2 is 2.07 bits per heavy atom. The van der Waals surface area contributed by atoms with E-state index >= 15 is 0 Å². The molecule has 15 heavy (non-hydrogen) atoms. The van der Waals surface area contributed by atoms with Crippen molar-refractivity contribution in [1.29, 1.82) is 0 Å². The van der Waals surface area contributed by atoms with Gasteiger partial charge in [-0.15, -0.1) is 11.3 Å². The van der Waals surface area contributed by atoms with E-state index in [9.17, 15) is 4.79 Å². The molecule has 0 aliphatic heterocycles. The lowest BCUT2D eigenvalue weighted by molar-refractivity contribution is -0.104. The molecular weight excluding hydrogens is 208 g/mol. The molecule has 0 aliphatic carbocycles. The SMILES string of the molecule is O=CC=Cc1csc(-c2ncccn2)c1. The molecule has 74 valence electrons. The molecule has 0 N–H and O–H groups in total. The number of nitrogens with zero attached hydrogens (tertiary/aromatic N) is 2. The molecule has 0 saturated carbocycles. The third-order valence-electron chi connectivity index (χ3n) is 1.77.